The van der Waals surface area contributed by atoms with Crippen molar-refractivity contribution in [2.24, 2.45) is 0 Å². The second-order valence-corrected chi connectivity index (χ2v) is 7.24. The fraction of sp³-hybridized carbons (Fsp3) is 0.294. The second-order valence-electron chi connectivity index (χ2n) is 5.56. The molecule has 1 atom stereocenters. The van der Waals surface area contributed by atoms with E-state index in [9.17, 15) is 21.6 Å². The monoisotopic (exact) mass is 373 g/mol. The molecule has 1 N–H and O–H groups in total. The molecule has 0 spiro atoms. The maximum Gasteiger partial charge on any atom is 0.573 e. The highest BCUT2D eigenvalue weighted by atomic mass is 32.2. The third-order valence-corrected chi connectivity index (χ3v) is 5.11. The summed E-state index contributed by atoms with van der Waals surface area (Å²) in [6, 6.07) is 11.0. The van der Waals surface area contributed by atoms with Gasteiger partial charge in [0.25, 0.3) is 10.0 Å². The predicted octanol–water partition coefficient (Wildman–Crippen LogP) is 4.90. The molecule has 8 heteroatoms. The quantitative estimate of drug-likeness (QED) is 0.784. The van der Waals surface area contributed by atoms with Gasteiger partial charge in [-0.2, -0.15) is 0 Å². The van der Waals surface area contributed by atoms with Crippen molar-refractivity contribution >= 4 is 15.7 Å². The van der Waals surface area contributed by atoms with Gasteiger partial charge in [0.1, 0.15) is 5.75 Å². The van der Waals surface area contributed by atoms with E-state index in [0.717, 1.165) is 36.2 Å². The number of ether oxygens (including phenoxy) is 1. The zero-order valence-corrected chi connectivity index (χ0v) is 14.5. The van der Waals surface area contributed by atoms with E-state index in [0.29, 0.717) is 11.6 Å². The highest BCUT2D eigenvalue weighted by molar-refractivity contribution is 7.92. The van der Waals surface area contributed by atoms with Crippen LogP contribution in [0.3, 0.4) is 0 Å². The summed E-state index contributed by atoms with van der Waals surface area (Å²) in [4.78, 5) is -0.159. The van der Waals surface area contributed by atoms with E-state index in [2.05, 4.69) is 23.3 Å². The Kier molecular flexibility index (Phi) is 5.62. The molecule has 25 heavy (non-hydrogen) atoms. The summed E-state index contributed by atoms with van der Waals surface area (Å²) in [5, 5.41) is 0. The van der Waals surface area contributed by atoms with Gasteiger partial charge in [0.15, 0.2) is 0 Å². The van der Waals surface area contributed by atoms with Crippen molar-refractivity contribution in [1.82, 2.24) is 0 Å². The van der Waals surface area contributed by atoms with Gasteiger partial charge in [0.2, 0.25) is 0 Å². The van der Waals surface area contributed by atoms with Crippen LogP contribution in [0.5, 0.6) is 5.75 Å². The Hall–Kier alpha value is -2.22. The maximum absolute atomic E-state index is 12.3. The maximum atomic E-state index is 12.3. The first-order valence-corrected chi connectivity index (χ1v) is 9.07. The molecule has 2 aromatic rings. The molecule has 4 nitrogen and oxygen atoms in total. The first kappa shape index (κ1) is 19.1. The molecule has 0 saturated heterocycles. The number of anilines is 1. The third-order valence-electron chi connectivity index (χ3n) is 3.71. The van der Waals surface area contributed by atoms with Crippen molar-refractivity contribution < 1.29 is 26.3 Å². The topological polar surface area (TPSA) is 55.4 Å². The van der Waals surface area contributed by atoms with Crippen molar-refractivity contribution in [2.75, 3.05) is 4.72 Å². The van der Waals surface area contributed by atoms with Crippen LogP contribution in [0, 0.1) is 0 Å². The van der Waals surface area contributed by atoms with E-state index in [1.165, 1.54) is 0 Å². The van der Waals surface area contributed by atoms with Gasteiger partial charge < -0.3 is 4.74 Å². The highest BCUT2D eigenvalue weighted by Gasteiger charge is 2.31. The molecule has 2 aromatic carbocycles. The van der Waals surface area contributed by atoms with Crippen molar-refractivity contribution in [1.29, 1.82) is 0 Å². The van der Waals surface area contributed by atoms with Crippen LogP contribution in [-0.4, -0.2) is 14.8 Å². The smallest absolute Gasteiger partial charge is 0.406 e. The molecule has 0 bridgehead atoms. The highest BCUT2D eigenvalue weighted by Crippen LogP contribution is 2.25. The number of rotatable bonds is 6. The van der Waals surface area contributed by atoms with Crippen LogP contribution < -0.4 is 9.46 Å². The predicted molar refractivity (Wildman–Crippen MR) is 89.1 cm³/mol. The van der Waals surface area contributed by atoms with E-state index in [1.54, 1.807) is 12.1 Å². The molecule has 0 aromatic heterocycles. The Labute approximate surface area is 144 Å². The molecule has 0 heterocycles. The van der Waals surface area contributed by atoms with Gasteiger partial charge >= 0.3 is 6.36 Å². The zero-order valence-electron chi connectivity index (χ0n) is 13.7. The summed E-state index contributed by atoms with van der Waals surface area (Å²) in [5.74, 6) is -0.115. The Balaban J connectivity index is 2.13. The summed E-state index contributed by atoms with van der Waals surface area (Å²) in [7, 11) is -3.90. The zero-order chi connectivity index (χ0) is 18.7. The summed E-state index contributed by atoms with van der Waals surface area (Å²) in [6.07, 6.45) is -3.85. The van der Waals surface area contributed by atoms with E-state index in [4.69, 9.17) is 0 Å². The lowest BCUT2D eigenvalue weighted by atomic mass is 9.99. The van der Waals surface area contributed by atoms with Gasteiger partial charge in [0, 0.05) is 5.69 Å². The van der Waals surface area contributed by atoms with Crippen molar-refractivity contribution in [3.63, 3.8) is 0 Å². The average molecular weight is 373 g/mol. The van der Waals surface area contributed by atoms with Crippen LogP contribution in [0.25, 0.3) is 0 Å². The lowest BCUT2D eigenvalue weighted by molar-refractivity contribution is -0.274. The van der Waals surface area contributed by atoms with Crippen LogP contribution >= 0.6 is 0 Å². The molecule has 0 aliphatic carbocycles. The molecule has 2 rings (SSSR count). The van der Waals surface area contributed by atoms with Gasteiger partial charge in [-0.1, -0.05) is 26.0 Å². The fourth-order valence-corrected chi connectivity index (χ4v) is 3.21. The summed E-state index contributed by atoms with van der Waals surface area (Å²) in [5.41, 5.74) is 1.47. The number of nitrogens with one attached hydrogen (secondary N) is 1. The summed E-state index contributed by atoms with van der Waals surface area (Å²) >= 11 is 0. The largest absolute Gasteiger partial charge is 0.573 e. The minimum Gasteiger partial charge on any atom is -0.406 e. The average Bonchev–Trinajstić information content (AvgIpc) is 2.53. The molecule has 0 fully saturated rings. The van der Waals surface area contributed by atoms with Gasteiger partial charge in [-0.25, -0.2) is 8.42 Å². The minimum atomic E-state index is -4.82. The molecule has 0 saturated carbocycles. The van der Waals surface area contributed by atoms with Gasteiger partial charge in [0.05, 0.1) is 4.90 Å². The summed E-state index contributed by atoms with van der Waals surface area (Å²) < 4.78 is 67.1. The molecular weight excluding hydrogens is 355 g/mol. The Morgan fingerprint density at radius 3 is 2.08 bits per heavy atom. The third kappa shape index (κ3) is 5.38. The normalized spacial score (nSPS) is 13.3. The molecule has 0 aliphatic heterocycles. The van der Waals surface area contributed by atoms with E-state index < -0.39 is 22.1 Å². The molecule has 0 aliphatic rings. The SMILES string of the molecule is CCC(C)c1ccc(NS(=O)(=O)c2ccc(OC(F)(F)F)cc2)cc1. The van der Waals surface area contributed by atoms with Gasteiger partial charge in [-0.15, -0.1) is 13.2 Å². The van der Waals surface area contributed by atoms with Crippen LogP contribution in [0.4, 0.5) is 18.9 Å². The van der Waals surface area contributed by atoms with Crippen molar-refractivity contribution in [2.45, 2.75) is 37.4 Å². The Morgan fingerprint density at radius 2 is 1.60 bits per heavy atom. The lowest BCUT2D eigenvalue weighted by Gasteiger charge is -2.12. The molecule has 1 unspecified atom stereocenters. The van der Waals surface area contributed by atoms with Crippen LogP contribution in [0.15, 0.2) is 53.4 Å². The number of alkyl halides is 3. The number of hydrogen-bond acceptors (Lipinski definition) is 3. The Bertz CT molecular complexity index is 801. The van der Waals surface area contributed by atoms with Gasteiger partial charge in [-0.05, 0) is 54.3 Å². The second kappa shape index (κ2) is 7.35. The standard InChI is InChI=1S/C17H18F3NO3S/c1-3-12(2)13-4-6-14(7-5-13)21-25(22,23)16-10-8-15(9-11-16)24-17(18,19)20/h4-12,21H,3H2,1-2H3. The number of sulfonamides is 1. The van der Waals surface area contributed by atoms with Crippen LogP contribution in [0.1, 0.15) is 31.7 Å². The molecule has 0 radical (unpaired) electrons. The Morgan fingerprint density at radius 1 is 1.04 bits per heavy atom. The van der Waals surface area contributed by atoms with E-state index >= 15 is 0 Å². The molecule has 136 valence electrons. The van der Waals surface area contributed by atoms with Crippen molar-refractivity contribution in [3.05, 3.63) is 54.1 Å². The minimum absolute atomic E-state index is 0.159. The van der Waals surface area contributed by atoms with Crippen LogP contribution in [-0.2, 0) is 10.0 Å². The van der Waals surface area contributed by atoms with Gasteiger partial charge in [-0.3, -0.25) is 4.72 Å². The molecular formula is C17H18F3NO3S. The first-order valence-electron chi connectivity index (χ1n) is 7.59. The lowest BCUT2D eigenvalue weighted by Crippen LogP contribution is -2.17. The first-order chi connectivity index (χ1) is 11.6. The number of halogens is 3. The fourth-order valence-electron chi connectivity index (χ4n) is 2.15. The number of benzene rings is 2. The van der Waals surface area contributed by atoms with E-state index in [-0.39, 0.29) is 4.90 Å². The summed E-state index contributed by atoms with van der Waals surface area (Å²) in [6.45, 7) is 4.14. The molecule has 0 amide bonds. The van der Waals surface area contributed by atoms with E-state index in [1.807, 2.05) is 12.1 Å². The number of hydrogen-bond donors (Lipinski definition) is 1. The van der Waals surface area contributed by atoms with Crippen LogP contribution in [0.2, 0.25) is 0 Å². The van der Waals surface area contributed by atoms with Crippen molar-refractivity contribution in [3.8, 4) is 5.75 Å².